The van der Waals surface area contributed by atoms with E-state index in [1.807, 2.05) is 44.2 Å². The van der Waals surface area contributed by atoms with Crippen molar-refractivity contribution in [1.82, 2.24) is 9.97 Å². The van der Waals surface area contributed by atoms with Crippen LogP contribution >= 0.6 is 0 Å². The lowest BCUT2D eigenvalue weighted by atomic mass is 10.1. The molecule has 0 aliphatic rings. The number of anilines is 2. The monoisotopic (exact) mass is 332 g/mol. The van der Waals surface area contributed by atoms with Crippen LogP contribution in [0.25, 0.3) is 0 Å². The fourth-order valence-electron chi connectivity index (χ4n) is 2.39. The number of aryl methyl sites for hydroxylation is 2. The Hall–Kier alpha value is -3.21. The van der Waals surface area contributed by atoms with Crippen molar-refractivity contribution in [1.29, 1.82) is 0 Å². The summed E-state index contributed by atoms with van der Waals surface area (Å²) >= 11 is 0. The van der Waals surface area contributed by atoms with Crippen molar-refractivity contribution in [3.05, 3.63) is 83.4 Å². The number of hydrogen-bond acceptors (Lipinski definition) is 4. The number of carbonyl (C=O) groups is 1. The zero-order valence-electron chi connectivity index (χ0n) is 14.3. The average Bonchev–Trinajstić information content (AvgIpc) is 2.64. The third kappa shape index (κ3) is 4.41. The summed E-state index contributed by atoms with van der Waals surface area (Å²) < 4.78 is 0. The Balaban J connectivity index is 1.67. The van der Waals surface area contributed by atoms with Gasteiger partial charge in [0.1, 0.15) is 0 Å². The number of benzene rings is 1. The molecule has 0 fully saturated rings. The minimum Gasteiger partial charge on any atom is -0.380 e. The number of nitrogens with zero attached hydrogens (tertiary/aromatic N) is 2. The molecule has 1 aromatic carbocycles. The summed E-state index contributed by atoms with van der Waals surface area (Å²) in [6.07, 6.45) is 6.77. The second-order valence-corrected chi connectivity index (χ2v) is 5.92. The van der Waals surface area contributed by atoms with E-state index in [0.717, 1.165) is 22.5 Å². The first kappa shape index (κ1) is 16.6. The van der Waals surface area contributed by atoms with Crippen LogP contribution in [0.4, 0.5) is 11.4 Å². The number of nitrogens with one attached hydrogen (secondary N) is 2. The number of rotatable bonds is 5. The van der Waals surface area contributed by atoms with Gasteiger partial charge in [-0.2, -0.15) is 0 Å². The Bertz CT molecular complexity index is 878. The highest BCUT2D eigenvalue weighted by atomic mass is 16.1. The van der Waals surface area contributed by atoms with Gasteiger partial charge in [-0.1, -0.05) is 6.07 Å². The predicted molar refractivity (Wildman–Crippen MR) is 99.7 cm³/mol. The van der Waals surface area contributed by atoms with Gasteiger partial charge in [-0.05, 0) is 60.9 Å². The molecule has 0 bridgehead atoms. The number of hydrogen-bond donors (Lipinski definition) is 2. The van der Waals surface area contributed by atoms with Gasteiger partial charge in [-0.15, -0.1) is 0 Å². The minimum absolute atomic E-state index is 0.177. The van der Waals surface area contributed by atoms with Gasteiger partial charge in [0.2, 0.25) is 0 Å². The van der Waals surface area contributed by atoms with Crippen molar-refractivity contribution in [3.63, 3.8) is 0 Å². The first-order chi connectivity index (χ1) is 12.1. The van der Waals surface area contributed by atoms with Crippen molar-refractivity contribution < 1.29 is 4.79 Å². The standard InChI is InChI=1S/C20H20N4O/c1-14-3-4-18(9-15(14)2)24-20(25)17-10-19(13-22-12-17)23-11-16-5-7-21-8-6-16/h3-10,12-13,23H,11H2,1-2H3,(H,24,25). The highest BCUT2D eigenvalue weighted by Crippen LogP contribution is 2.16. The van der Waals surface area contributed by atoms with E-state index in [-0.39, 0.29) is 5.91 Å². The maximum absolute atomic E-state index is 12.4. The highest BCUT2D eigenvalue weighted by molar-refractivity contribution is 6.04. The number of aromatic nitrogens is 2. The average molecular weight is 332 g/mol. The summed E-state index contributed by atoms with van der Waals surface area (Å²) in [6, 6.07) is 11.5. The van der Waals surface area contributed by atoms with Gasteiger partial charge in [-0.25, -0.2) is 0 Å². The number of pyridine rings is 2. The molecule has 5 heteroatoms. The fourth-order valence-corrected chi connectivity index (χ4v) is 2.39. The Morgan fingerprint density at radius 1 is 0.920 bits per heavy atom. The fraction of sp³-hybridized carbons (Fsp3) is 0.150. The zero-order chi connectivity index (χ0) is 17.6. The van der Waals surface area contributed by atoms with Crippen LogP contribution in [0.2, 0.25) is 0 Å². The third-order valence-corrected chi connectivity index (χ3v) is 4.01. The summed E-state index contributed by atoms with van der Waals surface area (Å²) in [6.45, 7) is 4.71. The first-order valence-corrected chi connectivity index (χ1v) is 8.08. The van der Waals surface area contributed by atoms with Gasteiger partial charge in [0.15, 0.2) is 0 Å². The molecular formula is C20H20N4O. The van der Waals surface area contributed by atoms with Gasteiger partial charge >= 0.3 is 0 Å². The topological polar surface area (TPSA) is 66.9 Å². The molecule has 3 rings (SSSR count). The molecule has 0 atom stereocenters. The molecule has 2 N–H and O–H groups in total. The largest absolute Gasteiger partial charge is 0.380 e. The molecule has 0 saturated carbocycles. The van der Waals surface area contributed by atoms with Crippen LogP contribution in [0.15, 0.2) is 61.2 Å². The van der Waals surface area contributed by atoms with E-state index in [1.165, 1.54) is 5.56 Å². The van der Waals surface area contributed by atoms with Crippen molar-refractivity contribution >= 4 is 17.3 Å². The summed E-state index contributed by atoms with van der Waals surface area (Å²) in [7, 11) is 0. The van der Waals surface area contributed by atoms with Gasteiger partial charge in [0.25, 0.3) is 5.91 Å². The molecule has 126 valence electrons. The molecule has 0 unspecified atom stereocenters. The van der Waals surface area contributed by atoms with E-state index in [2.05, 4.69) is 20.6 Å². The maximum atomic E-state index is 12.4. The van der Waals surface area contributed by atoms with Crippen LogP contribution in [0.1, 0.15) is 27.0 Å². The second-order valence-electron chi connectivity index (χ2n) is 5.92. The van der Waals surface area contributed by atoms with Gasteiger partial charge < -0.3 is 10.6 Å². The van der Waals surface area contributed by atoms with Crippen molar-refractivity contribution in [2.45, 2.75) is 20.4 Å². The Kier molecular flexibility index (Phi) is 5.04. The van der Waals surface area contributed by atoms with Crippen molar-refractivity contribution in [3.8, 4) is 0 Å². The lowest BCUT2D eigenvalue weighted by Crippen LogP contribution is -2.13. The van der Waals surface area contributed by atoms with Crippen LogP contribution < -0.4 is 10.6 Å². The summed E-state index contributed by atoms with van der Waals surface area (Å²) in [4.78, 5) is 20.6. The first-order valence-electron chi connectivity index (χ1n) is 8.08. The molecule has 0 radical (unpaired) electrons. The van der Waals surface area contributed by atoms with E-state index >= 15 is 0 Å². The molecule has 2 heterocycles. The molecule has 0 spiro atoms. The molecular weight excluding hydrogens is 312 g/mol. The maximum Gasteiger partial charge on any atom is 0.257 e. The van der Waals surface area contributed by atoms with E-state index in [4.69, 9.17) is 0 Å². The Labute approximate surface area is 147 Å². The number of carbonyl (C=O) groups excluding carboxylic acids is 1. The predicted octanol–water partition coefficient (Wildman–Crippen LogP) is 3.96. The van der Waals surface area contributed by atoms with Gasteiger partial charge in [-0.3, -0.25) is 14.8 Å². The van der Waals surface area contributed by atoms with Crippen LogP contribution in [-0.4, -0.2) is 15.9 Å². The van der Waals surface area contributed by atoms with E-state index < -0.39 is 0 Å². The van der Waals surface area contributed by atoms with E-state index in [1.54, 1.807) is 30.9 Å². The molecule has 1 amide bonds. The summed E-state index contributed by atoms with van der Waals surface area (Å²) in [5, 5.41) is 6.18. The normalized spacial score (nSPS) is 10.3. The second kappa shape index (κ2) is 7.57. The van der Waals surface area contributed by atoms with Crippen LogP contribution in [-0.2, 0) is 6.54 Å². The molecule has 2 aromatic heterocycles. The van der Waals surface area contributed by atoms with Crippen LogP contribution in [0.3, 0.4) is 0 Å². The summed E-state index contributed by atoms with van der Waals surface area (Å²) in [5.74, 6) is -0.177. The zero-order valence-corrected chi connectivity index (χ0v) is 14.3. The van der Waals surface area contributed by atoms with Crippen LogP contribution in [0.5, 0.6) is 0 Å². The molecule has 0 aliphatic carbocycles. The highest BCUT2D eigenvalue weighted by Gasteiger charge is 2.08. The molecule has 0 aliphatic heterocycles. The quantitative estimate of drug-likeness (QED) is 0.742. The van der Waals surface area contributed by atoms with Crippen molar-refractivity contribution in [2.75, 3.05) is 10.6 Å². The molecule has 25 heavy (non-hydrogen) atoms. The van der Waals surface area contributed by atoms with Crippen LogP contribution in [0, 0.1) is 13.8 Å². The van der Waals surface area contributed by atoms with E-state index in [9.17, 15) is 4.79 Å². The lowest BCUT2D eigenvalue weighted by Gasteiger charge is -2.10. The molecule has 0 saturated heterocycles. The molecule has 3 aromatic rings. The number of amides is 1. The Morgan fingerprint density at radius 3 is 2.48 bits per heavy atom. The SMILES string of the molecule is Cc1ccc(NC(=O)c2cncc(NCc3ccncc3)c2)cc1C. The van der Waals surface area contributed by atoms with Gasteiger partial charge in [0, 0.05) is 37.0 Å². The lowest BCUT2D eigenvalue weighted by molar-refractivity contribution is 0.102. The summed E-state index contributed by atoms with van der Waals surface area (Å²) in [5.41, 5.74) is 5.54. The smallest absolute Gasteiger partial charge is 0.257 e. The minimum atomic E-state index is -0.177. The van der Waals surface area contributed by atoms with E-state index in [0.29, 0.717) is 12.1 Å². The third-order valence-electron chi connectivity index (χ3n) is 4.01. The van der Waals surface area contributed by atoms with Gasteiger partial charge in [0.05, 0.1) is 11.3 Å². The van der Waals surface area contributed by atoms with Crippen molar-refractivity contribution in [2.24, 2.45) is 0 Å². The Morgan fingerprint density at radius 2 is 1.72 bits per heavy atom. The molecule has 5 nitrogen and oxygen atoms in total.